The smallest absolute Gasteiger partial charge is 0.339 e. The van der Waals surface area contributed by atoms with Crippen molar-refractivity contribution in [3.05, 3.63) is 23.8 Å². The summed E-state index contributed by atoms with van der Waals surface area (Å²) in [6.07, 6.45) is 1.01. The van der Waals surface area contributed by atoms with Gasteiger partial charge in [-0.25, -0.2) is 13.2 Å². The minimum atomic E-state index is -3.50. The first kappa shape index (κ1) is 12.5. The molecular weight excluding hydrogens is 232 g/mol. The molecule has 0 aliphatic carbocycles. The van der Waals surface area contributed by atoms with E-state index in [0.717, 1.165) is 6.26 Å². The van der Waals surface area contributed by atoms with Crippen LogP contribution in [-0.4, -0.2) is 32.4 Å². The van der Waals surface area contributed by atoms with E-state index >= 15 is 0 Å². The van der Waals surface area contributed by atoms with Crippen molar-refractivity contribution in [1.82, 2.24) is 0 Å². The molecule has 88 valence electrons. The molecule has 0 amide bonds. The second kappa shape index (κ2) is 4.52. The van der Waals surface area contributed by atoms with Gasteiger partial charge in [-0.1, -0.05) is 6.07 Å². The summed E-state index contributed by atoms with van der Waals surface area (Å²) >= 11 is 0. The van der Waals surface area contributed by atoms with E-state index in [4.69, 9.17) is 9.84 Å². The molecule has 0 spiro atoms. The highest BCUT2D eigenvalue weighted by atomic mass is 32.2. The Morgan fingerprint density at radius 2 is 2.06 bits per heavy atom. The van der Waals surface area contributed by atoms with Crippen LogP contribution in [0.3, 0.4) is 0 Å². The van der Waals surface area contributed by atoms with Crippen molar-refractivity contribution in [3.8, 4) is 5.75 Å². The largest absolute Gasteiger partial charge is 0.492 e. The van der Waals surface area contributed by atoms with Crippen LogP contribution in [0.2, 0.25) is 0 Å². The Bertz CT molecular complexity index is 504. The standard InChI is InChI=1S/C10H12O5S/c1-3-15-9-7(10(11)12)5-4-6-8(9)16(2,13)14/h4-6H,3H2,1-2H3,(H,11,12). The number of hydrogen-bond acceptors (Lipinski definition) is 4. The number of rotatable bonds is 4. The maximum Gasteiger partial charge on any atom is 0.339 e. The van der Waals surface area contributed by atoms with Crippen molar-refractivity contribution in [2.24, 2.45) is 0 Å². The van der Waals surface area contributed by atoms with Crippen molar-refractivity contribution >= 4 is 15.8 Å². The molecule has 1 rings (SSSR count). The van der Waals surface area contributed by atoms with Crippen LogP contribution in [0.1, 0.15) is 17.3 Å². The molecule has 0 bridgehead atoms. The molecule has 0 heterocycles. The minimum Gasteiger partial charge on any atom is -0.492 e. The molecule has 0 aliphatic rings. The third-order valence-corrected chi connectivity index (χ3v) is 3.02. The van der Waals surface area contributed by atoms with Gasteiger partial charge in [0.1, 0.15) is 10.5 Å². The van der Waals surface area contributed by atoms with Crippen LogP contribution >= 0.6 is 0 Å². The molecule has 0 aliphatic heterocycles. The van der Waals surface area contributed by atoms with E-state index in [2.05, 4.69) is 0 Å². The van der Waals surface area contributed by atoms with E-state index in [0.29, 0.717) is 0 Å². The van der Waals surface area contributed by atoms with Crippen molar-refractivity contribution in [2.75, 3.05) is 12.9 Å². The third kappa shape index (κ3) is 2.52. The normalized spacial score (nSPS) is 11.1. The summed E-state index contributed by atoms with van der Waals surface area (Å²) in [5.74, 6) is -1.31. The fraction of sp³-hybridized carbons (Fsp3) is 0.300. The number of benzene rings is 1. The fourth-order valence-electron chi connectivity index (χ4n) is 1.27. The van der Waals surface area contributed by atoms with Gasteiger partial charge in [-0.2, -0.15) is 0 Å². The summed E-state index contributed by atoms with van der Waals surface area (Å²) in [5.41, 5.74) is -0.148. The highest BCUT2D eigenvalue weighted by Gasteiger charge is 2.20. The second-order valence-electron chi connectivity index (χ2n) is 3.14. The van der Waals surface area contributed by atoms with E-state index in [9.17, 15) is 13.2 Å². The summed E-state index contributed by atoms with van der Waals surface area (Å²) in [6.45, 7) is 1.86. The molecule has 0 fully saturated rings. The first-order chi connectivity index (χ1) is 7.38. The highest BCUT2D eigenvalue weighted by Crippen LogP contribution is 2.28. The highest BCUT2D eigenvalue weighted by molar-refractivity contribution is 7.90. The maximum atomic E-state index is 11.4. The van der Waals surface area contributed by atoms with Crippen LogP contribution < -0.4 is 4.74 Å². The third-order valence-electron chi connectivity index (χ3n) is 1.90. The molecule has 0 aromatic heterocycles. The molecule has 0 saturated heterocycles. The average molecular weight is 244 g/mol. The van der Waals surface area contributed by atoms with E-state index in [1.807, 2.05) is 0 Å². The molecule has 5 nitrogen and oxygen atoms in total. The maximum absolute atomic E-state index is 11.4. The van der Waals surface area contributed by atoms with Crippen LogP contribution in [0.5, 0.6) is 5.75 Å². The number of para-hydroxylation sites is 1. The topological polar surface area (TPSA) is 80.7 Å². The molecule has 0 saturated carbocycles. The second-order valence-corrected chi connectivity index (χ2v) is 5.13. The number of carboxylic acid groups (broad SMARTS) is 1. The molecule has 0 atom stereocenters. The lowest BCUT2D eigenvalue weighted by atomic mass is 10.2. The Morgan fingerprint density at radius 3 is 2.50 bits per heavy atom. The van der Waals surface area contributed by atoms with Gasteiger partial charge in [-0.05, 0) is 19.1 Å². The summed E-state index contributed by atoms with van der Waals surface area (Å²) < 4.78 is 28.0. The van der Waals surface area contributed by atoms with Crippen LogP contribution in [0.4, 0.5) is 0 Å². The lowest BCUT2D eigenvalue weighted by molar-refractivity contribution is 0.0692. The Kier molecular flexibility index (Phi) is 3.54. The Labute approximate surface area is 93.6 Å². The molecule has 6 heteroatoms. The quantitative estimate of drug-likeness (QED) is 0.860. The molecule has 0 unspecified atom stereocenters. The van der Waals surface area contributed by atoms with Crippen LogP contribution in [0, 0.1) is 0 Å². The van der Waals surface area contributed by atoms with Crippen molar-refractivity contribution in [2.45, 2.75) is 11.8 Å². The van der Waals surface area contributed by atoms with Gasteiger partial charge in [0.25, 0.3) is 0 Å². The van der Waals surface area contributed by atoms with Gasteiger partial charge in [-0.15, -0.1) is 0 Å². The number of hydrogen-bond donors (Lipinski definition) is 1. The van der Waals surface area contributed by atoms with Crippen molar-refractivity contribution in [1.29, 1.82) is 0 Å². The number of carboxylic acids is 1. The van der Waals surface area contributed by atoms with E-state index in [1.165, 1.54) is 18.2 Å². The molecule has 16 heavy (non-hydrogen) atoms. The number of sulfone groups is 1. The zero-order valence-electron chi connectivity index (χ0n) is 8.93. The minimum absolute atomic E-state index is 0.0972. The molecule has 0 radical (unpaired) electrons. The first-order valence-electron chi connectivity index (χ1n) is 4.57. The number of aromatic carboxylic acids is 1. The van der Waals surface area contributed by atoms with E-state index in [1.54, 1.807) is 6.92 Å². The monoisotopic (exact) mass is 244 g/mol. The Balaban J connectivity index is 3.51. The lowest BCUT2D eigenvalue weighted by Gasteiger charge is -2.11. The molecule has 1 aromatic rings. The molecular formula is C10H12O5S. The number of ether oxygens (including phenoxy) is 1. The summed E-state index contributed by atoms with van der Waals surface area (Å²) in [4.78, 5) is 10.8. The van der Waals surface area contributed by atoms with Gasteiger partial charge in [0, 0.05) is 6.26 Å². The predicted octanol–water partition coefficient (Wildman–Crippen LogP) is 1.19. The Hall–Kier alpha value is -1.56. The van der Waals surface area contributed by atoms with Crippen LogP contribution in [0.25, 0.3) is 0 Å². The molecule has 1 N–H and O–H groups in total. The molecule has 1 aromatic carbocycles. The number of carbonyl (C=O) groups is 1. The summed E-state index contributed by atoms with van der Waals surface area (Å²) in [7, 11) is -3.50. The van der Waals surface area contributed by atoms with Gasteiger partial charge < -0.3 is 9.84 Å². The fourth-order valence-corrected chi connectivity index (χ4v) is 2.10. The van der Waals surface area contributed by atoms with Gasteiger partial charge in [0.05, 0.1) is 6.61 Å². The van der Waals surface area contributed by atoms with Crippen molar-refractivity contribution < 1.29 is 23.1 Å². The Morgan fingerprint density at radius 1 is 1.44 bits per heavy atom. The van der Waals surface area contributed by atoms with Crippen molar-refractivity contribution in [3.63, 3.8) is 0 Å². The first-order valence-corrected chi connectivity index (χ1v) is 6.46. The van der Waals surface area contributed by atoms with Gasteiger partial charge >= 0.3 is 5.97 Å². The van der Waals surface area contributed by atoms with E-state index in [-0.39, 0.29) is 22.8 Å². The van der Waals surface area contributed by atoms with Gasteiger partial charge in [-0.3, -0.25) is 0 Å². The zero-order chi connectivity index (χ0) is 12.3. The van der Waals surface area contributed by atoms with E-state index < -0.39 is 15.8 Å². The van der Waals surface area contributed by atoms with Crippen LogP contribution in [-0.2, 0) is 9.84 Å². The zero-order valence-corrected chi connectivity index (χ0v) is 9.74. The van der Waals surface area contributed by atoms with Gasteiger partial charge in [0.15, 0.2) is 15.6 Å². The SMILES string of the molecule is CCOc1c(C(=O)O)cccc1S(C)(=O)=O. The summed E-state index contributed by atoms with van der Waals surface area (Å²) in [6, 6.07) is 4.01. The van der Waals surface area contributed by atoms with Gasteiger partial charge in [0.2, 0.25) is 0 Å². The lowest BCUT2D eigenvalue weighted by Crippen LogP contribution is -2.08. The summed E-state index contributed by atoms with van der Waals surface area (Å²) in [5, 5.41) is 8.91. The average Bonchev–Trinajstić information content (AvgIpc) is 2.16. The van der Waals surface area contributed by atoms with Crippen LogP contribution in [0.15, 0.2) is 23.1 Å². The predicted molar refractivity (Wildman–Crippen MR) is 57.7 cm³/mol.